The van der Waals surface area contributed by atoms with Crippen LogP contribution in [0.4, 0.5) is 0 Å². The summed E-state index contributed by atoms with van der Waals surface area (Å²) in [4.78, 5) is 34.1. The molecule has 0 radical (unpaired) electrons. The summed E-state index contributed by atoms with van der Waals surface area (Å²) in [6, 6.07) is -0.513. The van der Waals surface area contributed by atoms with Gasteiger partial charge in [-0.05, 0) is 25.7 Å². The van der Waals surface area contributed by atoms with Gasteiger partial charge in [0.25, 0.3) is 0 Å². The molecule has 1 aliphatic rings. The maximum Gasteiger partial charge on any atom is 0.303 e. The van der Waals surface area contributed by atoms with Gasteiger partial charge in [0.2, 0.25) is 5.91 Å². The molecule has 1 heterocycles. The van der Waals surface area contributed by atoms with Gasteiger partial charge in [-0.3, -0.25) is 14.4 Å². The Labute approximate surface area is 195 Å². The van der Waals surface area contributed by atoms with Crippen molar-refractivity contribution in [3.8, 4) is 0 Å². The number of aliphatic hydroxyl groups excluding tert-OH is 1. The fourth-order valence-corrected chi connectivity index (χ4v) is 4.16. The van der Waals surface area contributed by atoms with Gasteiger partial charge in [-0.25, -0.2) is 0 Å². The number of aliphatic carboxylic acids is 1. The van der Waals surface area contributed by atoms with E-state index in [1.165, 1.54) is 51.4 Å². The van der Waals surface area contributed by atoms with Gasteiger partial charge in [0, 0.05) is 12.8 Å². The summed E-state index contributed by atoms with van der Waals surface area (Å²) < 4.78 is 4.93. The number of carboxylic acid groups (broad SMARTS) is 1. The number of carbonyl (C=O) groups is 3. The second kappa shape index (κ2) is 18.4. The molecule has 186 valence electrons. The number of unbranched alkanes of at least 4 members (excludes halogenated alkanes) is 13. The van der Waals surface area contributed by atoms with Crippen LogP contribution in [0.25, 0.3) is 0 Å². The Kier molecular flexibility index (Phi) is 16.7. The summed E-state index contributed by atoms with van der Waals surface area (Å²) in [6.45, 7) is 0. The predicted molar refractivity (Wildman–Crippen MR) is 128 cm³/mol. The zero-order chi connectivity index (χ0) is 23.6. The van der Waals surface area contributed by atoms with Crippen LogP contribution in [0.2, 0.25) is 0 Å². The maximum atomic E-state index is 12.1. The molecular formula is C24H44NO6P. The molecule has 0 bridgehead atoms. The molecular weight excluding hydrogens is 429 g/mol. The number of rotatable bonds is 22. The van der Waals surface area contributed by atoms with Crippen molar-refractivity contribution < 1.29 is 29.3 Å². The Morgan fingerprint density at radius 1 is 0.781 bits per heavy atom. The Bertz CT molecular complexity index is 545. The average molecular weight is 474 g/mol. The third-order valence-corrected chi connectivity index (χ3v) is 6.42. The number of carbonyl (C=O) groups excluding carboxylic acids is 2. The zero-order valence-corrected chi connectivity index (χ0v) is 20.7. The van der Waals surface area contributed by atoms with Gasteiger partial charge in [0.15, 0.2) is 11.8 Å². The number of carboxylic acids is 1. The summed E-state index contributed by atoms with van der Waals surface area (Å²) in [5.41, 5.74) is -0.135. The first-order valence-corrected chi connectivity index (χ1v) is 13.1. The van der Waals surface area contributed by atoms with E-state index in [1.54, 1.807) is 0 Å². The molecule has 1 amide bonds. The minimum Gasteiger partial charge on any atom is -0.481 e. The first-order valence-electron chi connectivity index (χ1n) is 12.5. The molecule has 1 fully saturated rings. The van der Waals surface area contributed by atoms with Gasteiger partial charge in [0.05, 0.1) is 6.04 Å². The van der Waals surface area contributed by atoms with Crippen LogP contribution >= 0.6 is 9.24 Å². The van der Waals surface area contributed by atoms with Crippen molar-refractivity contribution in [2.24, 2.45) is 0 Å². The number of hydrogen-bond donors (Lipinski definition) is 3. The zero-order valence-electron chi connectivity index (χ0n) is 19.6. The summed E-state index contributed by atoms with van der Waals surface area (Å²) in [5, 5.41) is 20.5. The van der Waals surface area contributed by atoms with Crippen LogP contribution in [-0.4, -0.2) is 46.0 Å². The van der Waals surface area contributed by atoms with Gasteiger partial charge < -0.3 is 20.3 Å². The van der Waals surface area contributed by atoms with Crippen LogP contribution in [-0.2, 0) is 19.1 Å². The number of amides is 1. The molecule has 32 heavy (non-hydrogen) atoms. The molecule has 0 aromatic carbocycles. The van der Waals surface area contributed by atoms with Crippen molar-refractivity contribution >= 4 is 26.6 Å². The summed E-state index contributed by atoms with van der Waals surface area (Å²) in [5.74, 6) is -0.768. The Morgan fingerprint density at radius 3 is 1.56 bits per heavy atom. The van der Waals surface area contributed by atoms with Gasteiger partial charge in [-0.2, -0.15) is 0 Å². The molecule has 0 spiro atoms. The highest BCUT2D eigenvalue weighted by molar-refractivity contribution is 7.40. The van der Waals surface area contributed by atoms with Crippen molar-refractivity contribution in [3.63, 3.8) is 0 Å². The van der Waals surface area contributed by atoms with Crippen molar-refractivity contribution in [2.75, 3.05) is 0 Å². The molecule has 1 aliphatic heterocycles. The Balaban J connectivity index is 1.84. The van der Waals surface area contributed by atoms with Crippen LogP contribution in [0.15, 0.2) is 0 Å². The summed E-state index contributed by atoms with van der Waals surface area (Å²) >= 11 is 0. The number of nitrogens with one attached hydrogen (secondary N) is 1. The van der Waals surface area contributed by atoms with Crippen molar-refractivity contribution in [1.29, 1.82) is 0 Å². The lowest BCUT2D eigenvalue weighted by Gasteiger charge is -2.15. The van der Waals surface area contributed by atoms with Crippen molar-refractivity contribution in [2.45, 2.75) is 134 Å². The molecule has 0 aromatic rings. The van der Waals surface area contributed by atoms with Crippen LogP contribution in [0.1, 0.15) is 116 Å². The predicted octanol–water partition coefficient (Wildman–Crippen LogP) is 4.70. The quantitative estimate of drug-likeness (QED) is 0.119. The summed E-state index contributed by atoms with van der Waals surface area (Å²) in [6.07, 6.45) is 17.0. The molecule has 7 nitrogen and oxygen atoms in total. The molecule has 8 heteroatoms. The molecule has 1 rings (SSSR count). The van der Waals surface area contributed by atoms with Gasteiger partial charge in [0.1, 0.15) is 6.10 Å². The van der Waals surface area contributed by atoms with E-state index in [-0.39, 0.29) is 17.5 Å². The third-order valence-electron chi connectivity index (χ3n) is 6.02. The molecule has 3 N–H and O–H groups in total. The van der Waals surface area contributed by atoms with E-state index >= 15 is 0 Å². The molecule has 0 aromatic heterocycles. The lowest BCUT2D eigenvalue weighted by molar-refractivity contribution is -0.137. The van der Waals surface area contributed by atoms with Gasteiger partial charge >= 0.3 is 5.97 Å². The topological polar surface area (TPSA) is 116 Å². The normalized spacial score (nSPS) is 18.3. The molecule has 3 unspecified atom stereocenters. The largest absolute Gasteiger partial charge is 0.481 e. The average Bonchev–Trinajstić information content (AvgIpc) is 3.45. The second-order valence-electron chi connectivity index (χ2n) is 9.01. The minimum atomic E-state index is -0.709. The van der Waals surface area contributed by atoms with E-state index in [4.69, 9.17) is 14.9 Å². The van der Waals surface area contributed by atoms with E-state index in [2.05, 4.69) is 14.6 Å². The minimum absolute atomic E-state index is 0.0788. The monoisotopic (exact) mass is 473 g/mol. The molecule has 0 saturated carbocycles. The smallest absolute Gasteiger partial charge is 0.303 e. The SMILES string of the molecule is O=C(O)CCCCCCCCCCCCCCCCC(=O)N[C@@H](CCC1OC1O)C(=O)P. The maximum absolute atomic E-state index is 12.1. The Morgan fingerprint density at radius 2 is 1.19 bits per heavy atom. The molecule has 1 saturated heterocycles. The Hall–Kier alpha value is -1.04. The number of epoxide rings is 1. The van der Waals surface area contributed by atoms with Crippen molar-refractivity contribution in [1.82, 2.24) is 5.32 Å². The lowest BCUT2D eigenvalue weighted by atomic mass is 10.0. The molecule has 0 aliphatic carbocycles. The van der Waals surface area contributed by atoms with E-state index in [9.17, 15) is 14.4 Å². The molecule has 4 atom stereocenters. The number of aliphatic hydroxyl groups is 1. The highest BCUT2D eigenvalue weighted by Crippen LogP contribution is 2.24. The van der Waals surface area contributed by atoms with Crippen LogP contribution < -0.4 is 5.32 Å². The van der Waals surface area contributed by atoms with E-state index in [0.29, 0.717) is 25.7 Å². The van der Waals surface area contributed by atoms with Gasteiger partial charge in [-0.15, -0.1) is 0 Å². The van der Waals surface area contributed by atoms with Gasteiger partial charge in [-0.1, -0.05) is 86.3 Å². The van der Waals surface area contributed by atoms with E-state index < -0.39 is 18.3 Å². The van der Waals surface area contributed by atoms with E-state index in [1.807, 2.05) is 0 Å². The van der Waals surface area contributed by atoms with Crippen LogP contribution in [0, 0.1) is 0 Å². The highest BCUT2D eigenvalue weighted by atomic mass is 31.0. The fraction of sp³-hybridized carbons (Fsp3) is 0.875. The van der Waals surface area contributed by atoms with Crippen LogP contribution in [0.3, 0.4) is 0 Å². The number of ether oxygens (including phenoxy) is 1. The standard InChI is InChI=1S/C24H44NO6P/c26-21(25-19(24(30)32)17-18-20-23(29)31-20)15-13-11-9-7-5-3-1-2-4-6-8-10-12-14-16-22(27)28/h19-20,23,29H,1-18,32H2,(H,25,26)(H,27,28)/t19-,20?,23?/m0/s1. The fourth-order valence-electron chi connectivity index (χ4n) is 3.91. The number of hydrogen-bond acceptors (Lipinski definition) is 5. The van der Waals surface area contributed by atoms with Crippen LogP contribution in [0.5, 0.6) is 0 Å². The third kappa shape index (κ3) is 16.6. The highest BCUT2D eigenvalue weighted by Gasteiger charge is 2.37. The lowest BCUT2D eigenvalue weighted by Crippen LogP contribution is -2.38. The van der Waals surface area contributed by atoms with Crippen molar-refractivity contribution in [3.05, 3.63) is 0 Å². The first-order chi connectivity index (χ1) is 15.4. The first kappa shape index (κ1) is 29.0. The second-order valence-corrected chi connectivity index (χ2v) is 9.58. The summed E-state index contributed by atoms with van der Waals surface area (Å²) in [7, 11) is 2.13. The van der Waals surface area contributed by atoms with E-state index in [0.717, 1.165) is 38.5 Å².